The normalized spacial score (nSPS) is 26.9. The number of aliphatic hydroxyl groups is 2. The number of aryl methyl sites for hydroxylation is 1. The Morgan fingerprint density at radius 3 is 2.89 bits per heavy atom. The first-order valence-corrected chi connectivity index (χ1v) is 10.5. The number of rotatable bonds is 10. The molecule has 0 aromatic heterocycles. The molecule has 1 aliphatic rings. The smallest absolute Gasteiger partial charge is 0.119 e. The van der Waals surface area contributed by atoms with Crippen LogP contribution in [0.3, 0.4) is 0 Å². The molecule has 2 rings (SSSR count). The number of allylic oxidation sites excluding steroid dienone is 3. The van der Waals surface area contributed by atoms with Gasteiger partial charge in [0.15, 0.2) is 0 Å². The first-order valence-electron chi connectivity index (χ1n) is 10.0. The highest BCUT2D eigenvalue weighted by molar-refractivity contribution is 6.21. The zero-order valence-electron chi connectivity index (χ0n) is 16.4. The van der Waals surface area contributed by atoms with Gasteiger partial charge in [-0.1, -0.05) is 56.2 Å². The van der Waals surface area contributed by atoms with Gasteiger partial charge in [-0.05, 0) is 55.7 Å². The van der Waals surface area contributed by atoms with Gasteiger partial charge in [-0.2, -0.15) is 0 Å². The molecule has 0 bridgehead atoms. The summed E-state index contributed by atoms with van der Waals surface area (Å²) < 4.78 is 5.65. The quantitative estimate of drug-likeness (QED) is 0.333. The Morgan fingerprint density at radius 2 is 2.15 bits per heavy atom. The van der Waals surface area contributed by atoms with Gasteiger partial charge in [0.1, 0.15) is 18.5 Å². The van der Waals surface area contributed by atoms with Gasteiger partial charge in [0.2, 0.25) is 0 Å². The first-order chi connectivity index (χ1) is 13.0. The van der Waals surface area contributed by atoms with Gasteiger partial charge in [0, 0.05) is 5.38 Å². The average Bonchev–Trinajstić information content (AvgIpc) is 2.91. The summed E-state index contributed by atoms with van der Waals surface area (Å²) in [5.41, 5.74) is 1.12. The molecule has 4 heteroatoms. The molecule has 150 valence electrons. The first kappa shape index (κ1) is 22.0. The van der Waals surface area contributed by atoms with Crippen LogP contribution in [0.15, 0.2) is 48.6 Å². The highest BCUT2D eigenvalue weighted by atomic mass is 35.5. The third-order valence-corrected chi connectivity index (χ3v) is 5.61. The van der Waals surface area contributed by atoms with Crippen LogP contribution < -0.4 is 4.74 Å². The molecule has 0 aliphatic heterocycles. The van der Waals surface area contributed by atoms with Gasteiger partial charge in [0.25, 0.3) is 0 Å². The van der Waals surface area contributed by atoms with Gasteiger partial charge < -0.3 is 14.9 Å². The van der Waals surface area contributed by atoms with Crippen molar-refractivity contribution in [3.8, 4) is 5.75 Å². The number of benzene rings is 1. The number of hydrogen-bond acceptors (Lipinski definition) is 3. The molecule has 0 unspecified atom stereocenters. The van der Waals surface area contributed by atoms with E-state index in [0.29, 0.717) is 6.42 Å². The number of aliphatic hydroxyl groups excluding tert-OH is 2. The molecular formula is C23H33ClO3. The second-order valence-electron chi connectivity index (χ2n) is 7.49. The highest BCUT2D eigenvalue weighted by Crippen LogP contribution is 2.39. The molecule has 0 radical (unpaired) electrons. The molecule has 0 amide bonds. The monoisotopic (exact) mass is 392 g/mol. The SMILES string of the molecule is CCCC/C=C\C[C@@H]1[C@@H](/C=C/[C@@H](O)COc2cccc(C)c2)[C@@H](Cl)C[C@@H]1O. The van der Waals surface area contributed by atoms with Crippen LogP contribution in [0, 0.1) is 18.8 Å². The van der Waals surface area contributed by atoms with E-state index in [4.69, 9.17) is 16.3 Å². The summed E-state index contributed by atoms with van der Waals surface area (Å²) in [6.07, 6.45) is 11.9. The highest BCUT2D eigenvalue weighted by Gasteiger charge is 2.39. The topological polar surface area (TPSA) is 49.7 Å². The molecule has 1 aromatic rings. The Kier molecular flexibility index (Phi) is 9.40. The fourth-order valence-electron chi connectivity index (χ4n) is 3.56. The van der Waals surface area contributed by atoms with Crippen molar-refractivity contribution >= 4 is 11.6 Å². The predicted octanol–water partition coefficient (Wildman–Crippen LogP) is 5.03. The summed E-state index contributed by atoms with van der Waals surface area (Å²) in [4.78, 5) is 0. The molecule has 0 saturated heterocycles. The van der Waals surface area contributed by atoms with Crippen LogP contribution in [-0.2, 0) is 0 Å². The summed E-state index contributed by atoms with van der Waals surface area (Å²) in [7, 11) is 0. The zero-order valence-corrected chi connectivity index (χ0v) is 17.2. The van der Waals surface area contributed by atoms with Crippen molar-refractivity contribution in [1.82, 2.24) is 0 Å². The van der Waals surface area contributed by atoms with Crippen LogP contribution in [0.25, 0.3) is 0 Å². The second kappa shape index (κ2) is 11.5. The third-order valence-electron chi connectivity index (χ3n) is 5.14. The van der Waals surface area contributed by atoms with Gasteiger partial charge in [-0.3, -0.25) is 0 Å². The van der Waals surface area contributed by atoms with Crippen LogP contribution in [-0.4, -0.2) is 34.4 Å². The van der Waals surface area contributed by atoms with E-state index in [1.165, 1.54) is 12.8 Å². The van der Waals surface area contributed by atoms with Crippen molar-refractivity contribution in [1.29, 1.82) is 0 Å². The molecule has 1 aliphatic carbocycles. The number of halogens is 1. The van der Waals surface area contributed by atoms with E-state index >= 15 is 0 Å². The molecule has 1 aromatic carbocycles. The van der Waals surface area contributed by atoms with Crippen LogP contribution in [0.2, 0.25) is 0 Å². The van der Waals surface area contributed by atoms with Crippen LogP contribution in [0.1, 0.15) is 44.6 Å². The zero-order chi connectivity index (χ0) is 19.6. The van der Waals surface area contributed by atoms with E-state index < -0.39 is 12.2 Å². The number of ether oxygens (including phenoxy) is 1. The molecular weight excluding hydrogens is 360 g/mol. The Balaban J connectivity index is 1.86. The lowest BCUT2D eigenvalue weighted by Gasteiger charge is -2.19. The van der Waals surface area contributed by atoms with Gasteiger partial charge in [0.05, 0.1) is 6.10 Å². The lowest BCUT2D eigenvalue weighted by molar-refractivity contribution is 0.124. The molecule has 5 atom stereocenters. The molecule has 2 N–H and O–H groups in total. The van der Waals surface area contributed by atoms with Gasteiger partial charge >= 0.3 is 0 Å². The van der Waals surface area contributed by atoms with Crippen LogP contribution in [0.5, 0.6) is 5.75 Å². The molecule has 0 spiro atoms. The number of hydrogen-bond donors (Lipinski definition) is 2. The fourth-order valence-corrected chi connectivity index (χ4v) is 4.01. The standard InChI is InChI=1S/C23H33ClO3/c1-3-4-5-6-7-11-21-20(22(24)15-23(21)26)13-12-18(25)16-27-19-10-8-9-17(2)14-19/h6-10,12-14,18,20-23,25-26H,3-5,11,15-16H2,1-2H3/b7-6-,13-12+/t18-,20-,21-,22+,23+/m1/s1. The van der Waals surface area contributed by atoms with Crippen molar-refractivity contribution in [3.05, 3.63) is 54.1 Å². The van der Waals surface area contributed by atoms with Crippen LogP contribution in [0.4, 0.5) is 0 Å². The summed E-state index contributed by atoms with van der Waals surface area (Å²) in [6, 6.07) is 7.77. The van der Waals surface area contributed by atoms with Crippen molar-refractivity contribution in [3.63, 3.8) is 0 Å². The minimum Gasteiger partial charge on any atom is -0.491 e. The summed E-state index contributed by atoms with van der Waals surface area (Å²) in [6.45, 7) is 4.39. The minimum atomic E-state index is -0.701. The van der Waals surface area contributed by atoms with E-state index in [1.807, 2.05) is 37.3 Å². The summed E-state index contributed by atoms with van der Waals surface area (Å²) in [5.74, 6) is 0.918. The fraction of sp³-hybridized carbons (Fsp3) is 0.565. The predicted molar refractivity (Wildman–Crippen MR) is 112 cm³/mol. The summed E-state index contributed by atoms with van der Waals surface area (Å²) >= 11 is 6.46. The number of unbranched alkanes of at least 4 members (excludes halogenated alkanes) is 2. The maximum atomic E-state index is 10.3. The number of alkyl halides is 1. The van der Waals surface area contributed by atoms with E-state index in [2.05, 4.69) is 19.1 Å². The largest absolute Gasteiger partial charge is 0.491 e. The second-order valence-corrected chi connectivity index (χ2v) is 8.05. The van der Waals surface area contributed by atoms with Crippen molar-refractivity contribution < 1.29 is 14.9 Å². The van der Waals surface area contributed by atoms with Gasteiger partial charge in [-0.15, -0.1) is 11.6 Å². The molecule has 1 fully saturated rings. The van der Waals surface area contributed by atoms with Gasteiger partial charge in [-0.25, -0.2) is 0 Å². The minimum absolute atomic E-state index is 0.0612. The maximum Gasteiger partial charge on any atom is 0.119 e. The molecule has 27 heavy (non-hydrogen) atoms. The molecule has 1 saturated carbocycles. The lowest BCUT2D eigenvalue weighted by atomic mass is 9.90. The van der Waals surface area contributed by atoms with Crippen LogP contribution >= 0.6 is 11.6 Å². The van der Waals surface area contributed by atoms with E-state index in [0.717, 1.165) is 24.2 Å². The molecule has 0 heterocycles. The van der Waals surface area contributed by atoms with Crippen molar-refractivity contribution in [2.24, 2.45) is 11.8 Å². The van der Waals surface area contributed by atoms with E-state index in [1.54, 1.807) is 6.08 Å². The average molecular weight is 393 g/mol. The Labute approximate surface area is 168 Å². The summed E-state index contributed by atoms with van der Waals surface area (Å²) in [5, 5.41) is 20.5. The molecule has 3 nitrogen and oxygen atoms in total. The Bertz CT molecular complexity index is 613. The Morgan fingerprint density at radius 1 is 1.33 bits per heavy atom. The Hall–Kier alpha value is -1.29. The van der Waals surface area contributed by atoms with Crippen molar-refractivity contribution in [2.75, 3.05) is 6.61 Å². The van der Waals surface area contributed by atoms with E-state index in [-0.39, 0.29) is 23.8 Å². The maximum absolute atomic E-state index is 10.3. The van der Waals surface area contributed by atoms with Crippen molar-refractivity contribution in [2.45, 2.75) is 63.5 Å². The van der Waals surface area contributed by atoms with E-state index in [9.17, 15) is 10.2 Å². The lowest BCUT2D eigenvalue weighted by Crippen LogP contribution is -2.20. The third kappa shape index (κ3) is 7.33.